The molecule has 1 unspecified atom stereocenters. The van der Waals surface area contributed by atoms with Crippen molar-refractivity contribution < 1.29 is 19.4 Å². The van der Waals surface area contributed by atoms with Gasteiger partial charge in [0.1, 0.15) is 0 Å². The van der Waals surface area contributed by atoms with Gasteiger partial charge in [0.2, 0.25) is 0 Å². The quantitative estimate of drug-likeness (QED) is 0.493. The number of carbonyl (C=O) groups excluding carboxylic acids is 1. The summed E-state index contributed by atoms with van der Waals surface area (Å²) in [5.41, 5.74) is 0. The Labute approximate surface area is 114 Å². The molecule has 2 amide bonds. The Hall–Kier alpha value is -1.34. The summed E-state index contributed by atoms with van der Waals surface area (Å²) in [5, 5.41) is 13.9. The predicted molar refractivity (Wildman–Crippen MR) is 72.2 cm³/mol. The molecule has 0 spiro atoms. The number of hydrogen-bond donors (Lipinski definition) is 3. The van der Waals surface area contributed by atoms with E-state index in [4.69, 9.17) is 9.84 Å². The molecule has 0 aromatic rings. The molecule has 0 heterocycles. The van der Waals surface area contributed by atoms with Gasteiger partial charge >= 0.3 is 12.0 Å². The number of nitrogens with zero attached hydrogens (tertiary/aromatic N) is 1. The monoisotopic (exact) mass is 275 g/mol. The van der Waals surface area contributed by atoms with Crippen LogP contribution in [0, 0.1) is 0 Å². The van der Waals surface area contributed by atoms with Crippen LogP contribution in [0.1, 0.15) is 19.8 Å². The fourth-order valence-electron chi connectivity index (χ4n) is 1.33. The molecule has 19 heavy (non-hydrogen) atoms. The molecule has 0 saturated carbocycles. The number of hydrogen-bond acceptors (Lipinski definition) is 4. The topological polar surface area (TPSA) is 90.9 Å². The molecule has 0 aliphatic heterocycles. The minimum atomic E-state index is -0.917. The van der Waals surface area contributed by atoms with Crippen LogP contribution < -0.4 is 10.6 Å². The highest BCUT2D eigenvalue weighted by Gasteiger charge is 2.13. The van der Waals surface area contributed by atoms with Gasteiger partial charge in [-0.1, -0.05) is 6.92 Å². The van der Waals surface area contributed by atoms with Crippen LogP contribution in [0.2, 0.25) is 0 Å². The van der Waals surface area contributed by atoms with E-state index in [0.29, 0.717) is 26.2 Å². The zero-order valence-electron chi connectivity index (χ0n) is 11.9. The highest BCUT2D eigenvalue weighted by Crippen LogP contribution is 1.96. The van der Waals surface area contributed by atoms with Crippen molar-refractivity contribution in [3.8, 4) is 0 Å². The fourth-order valence-corrected chi connectivity index (χ4v) is 1.33. The molecule has 0 bridgehead atoms. The smallest absolute Gasteiger partial charge is 0.315 e. The number of urea groups is 1. The number of carboxylic acids is 1. The third kappa shape index (κ3) is 11.5. The molecule has 7 nitrogen and oxygen atoms in total. The van der Waals surface area contributed by atoms with Crippen LogP contribution in [0.4, 0.5) is 4.79 Å². The molecule has 3 N–H and O–H groups in total. The average Bonchev–Trinajstić information content (AvgIpc) is 2.31. The maximum absolute atomic E-state index is 11.5. The third-order valence-corrected chi connectivity index (χ3v) is 2.46. The molecule has 0 saturated heterocycles. The Kier molecular flexibility index (Phi) is 9.82. The van der Waals surface area contributed by atoms with Crippen LogP contribution >= 0.6 is 0 Å². The molecule has 0 fully saturated rings. The molecule has 0 aromatic heterocycles. The molecule has 0 radical (unpaired) electrons. The number of rotatable bonds is 10. The number of carbonyl (C=O) groups is 2. The second-order valence-electron chi connectivity index (χ2n) is 4.52. The van der Waals surface area contributed by atoms with Gasteiger partial charge in [-0.3, -0.25) is 4.79 Å². The van der Waals surface area contributed by atoms with Crippen molar-refractivity contribution in [2.24, 2.45) is 0 Å². The average molecular weight is 275 g/mol. The summed E-state index contributed by atoms with van der Waals surface area (Å²) in [6, 6.07) is -0.698. The number of likely N-dealkylation sites (N-methyl/N-ethyl adjacent to an activating group) is 1. The van der Waals surface area contributed by atoms with E-state index in [2.05, 4.69) is 10.6 Å². The highest BCUT2D eigenvalue weighted by atomic mass is 16.5. The van der Waals surface area contributed by atoms with Crippen molar-refractivity contribution in [1.82, 2.24) is 15.5 Å². The number of carboxylic acid groups (broad SMARTS) is 1. The Bertz CT molecular complexity index is 272. The van der Waals surface area contributed by atoms with Gasteiger partial charge in [-0.25, -0.2) is 4.79 Å². The summed E-state index contributed by atoms with van der Waals surface area (Å²) in [5.74, 6) is -0.917. The summed E-state index contributed by atoms with van der Waals surface area (Å²) >= 11 is 0. The lowest BCUT2D eigenvalue weighted by Gasteiger charge is -2.15. The van der Waals surface area contributed by atoms with Crippen molar-refractivity contribution in [3.05, 3.63) is 0 Å². The molecular weight excluding hydrogens is 250 g/mol. The first kappa shape index (κ1) is 17.7. The van der Waals surface area contributed by atoms with Crippen LogP contribution in [0.15, 0.2) is 0 Å². The number of amides is 2. The summed E-state index contributed by atoms with van der Waals surface area (Å²) < 4.78 is 5.31. The summed E-state index contributed by atoms with van der Waals surface area (Å²) in [4.78, 5) is 24.0. The molecule has 0 aromatic carbocycles. The summed E-state index contributed by atoms with van der Waals surface area (Å²) in [6.45, 7) is 4.13. The minimum absolute atomic E-state index is 0.0662. The lowest BCUT2D eigenvalue weighted by molar-refractivity contribution is -0.137. The van der Waals surface area contributed by atoms with Crippen LogP contribution in [0.3, 0.4) is 0 Å². The van der Waals surface area contributed by atoms with Gasteiger partial charge in [0.25, 0.3) is 0 Å². The first-order valence-electron chi connectivity index (χ1n) is 6.44. The zero-order valence-corrected chi connectivity index (χ0v) is 11.9. The van der Waals surface area contributed by atoms with E-state index in [0.717, 1.165) is 6.54 Å². The fraction of sp³-hybridized carbons (Fsp3) is 0.833. The first-order valence-corrected chi connectivity index (χ1v) is 6.44. The van der Waals surface area contributed by atoms with E-state index in [9.17, 15) is 9.59 Å². The van der Waals surface area contributed by atoms with Crippen molar-refractivity contribution in [3.63, 3.8) is 0 Å². The standard InChI is InChI=1S/C12H25N3O4/c1-4-10(9-11(16)17)14-12(18)13-5-7-19-8-6-15(2)3/h10H,4-9H2,1-3H3,(H,16,17)(H2,13,14,18). The van der Waals surface area contributed by atoms with E-state index in [1.54, 1.807) is 0 Å². The van der Waals surface area contributed by atoms with Crippen LogP contribution in [-0.4, -0.2) is 68.4 Å². The van der Waals surface area contributed by atoms with Gasteiger partial charge in [-0.2, -0.15) is 0 Å². The number of nitrogens with one attached hydrogen (secondary N) is 2. The van der Waals surface area contributed by atoms with E-state index in [1.165, 1.54) is 0 Å². The van der Waals surface area contributed by atoms with Crippen molar-refractivity contribution in [2.75, 3.05) is 40.4 Å². The first-order chi connectivity index (χ1) is 8.95. The van der Waals surface area contributed by atoms with Gasteiger partial charge in [-0.05, 0) is 20.5 Å². The number of aliphatic carboxylic acids is 1. The molecular formula is C12H25N3O4. The molecule has 7 heteroatoms. The van der Waals surface area contributed by atoms with E-state index < -0.39 is 5.97 Å². The SMILES string of the molecule is CCC(CC(=O)O)NC(=O)NCCOCCN(C)C. The Morgan fingerprint density at radius 3 is 2.53 bits per heavy atom. The molecule has 0 rings (SSSR count). The molecule has 0 aliphatic rings. The Morgan fingerprint density at radius 1 is 1.32 bits per heavy atom. The van der Waals surface area contributed by atoms with E-state index >= 15 is 0 Å². The molecule has 112 valence electrons. The lowest BCUT2D eigenvalue weighted by Crippen LogP contribution is -2.43. The normalized spacial score (nSPS) is 12.2. The Morgan fingerprint density at radius 2 is 2.00 bits per heavy atom. The third-order valence-electron chi connectivity index (χ3n) is 2.46. The van der Waals surface area contributed by atoms with E-state index in [-0.39, 0.29) is 18.5 Å². The van der Waals surface area contributed by atoms with Crippen LogP contribution in [0.5, 0.6) is 0 Å². The predicted octanol–water partition coefficient (Wildman–Crippen LogP) is 0.117. The number of ether oxygens (including phenoxy) is 1. The van der Waals surface area contributed by atoms with Gasteiger partial charge < -0.3 is 25.4 Å². The summed E-state index contributed by atoms with van der Waals surface area (Å²) in [6.07, 6.45) is 0.516. The lowest BCUT2D eigenvalue weighted by atomic mass is 10.1. The second kappa shape index (κ2) is 10.6. The zero-order chi connectivity index (χ0) is 14.7. The van der Waals surface area contributed by atoms with Gasteiger partial charge in [0.15, 0.2) is 0 Å². The van der Waals surface area contributed by atoms with Gasteiger partial charge in [0.05, 0.1) is 19.6 Å². The van der Waals surface area contributed by atoms with Gasteiger partial charge in [-0.15, -0.1) is 0 Å². The van der Waals surface area contributed by atoms with E-state index in [1.807, 2.05) is 25.9 Å². The van der Waals surface area contributed by atoms with Crippen molar-refractivity contribution >= 4 is 12.0 Å². The van der Waals surface area contributed by atoms with Crippen LogP contribution in [-0.2, 0) is 9.53 Å². The van der Waals surface area contributed by atoms with Crippen LogP contribution in [0.25, 0.3) is 0 Å². The highest BCUT2D eigenvalue weighted by molar-refractivity contribution is 5.75. The largest absolute Gasteiger partial charge is 0.481 e. The Balaban J connectivity index is 3.60. The second-order valence-corrected chi connectivity index (χ2v) is 4.52. The minimum Gasteiger partial charge on any atom is -0.481 e. The van der Waals surface area contributed by atoms with Crippen molar-refractivity contribution in [1.29, 1.82) is 0 Å². The van der Waals surface area contributed by atoms with Gasteiger partial charge in [0, 0.05) is 19.1 Å². The van der Waals surface area contributed by atoms with Crippen molar-refractivity contribution in [2.45, 2.75) is 25.8 Å². The maximum Gasteiger partial charge on any atom is 0.315 e. The molecule has 0 aliphatic carbocycles. The summed E-state index contributed by atoms with van der Waals surface area (Å²) in [7, 11) is 3.92. The maximum atomic E-state index is 11.5. The molecule has 1 atom stereocenters.